The van der Waals surface area contributed by atoms with Gasteiger partial charge >= 0.3 is 0 Å². The Hall–Kier alpha value is -4.21. The average Bonchev–Trinajstić information content (AvgIpc) is 3.53. The number of aryl methyl sites for hydroxylation is 1. The van der Waals surface area contributed by atoms with Crippen molar-refractivity contribution in [3.05, 3.63) is 108 Å². The summed E-state index contributed by atoms with van der Waals surface area (Å²) < 4.78 is 30.1. The molecular weight excluding hydrogens is 492 g/mol. The van der Waals surface area contributed by atoms with Crippen LogP contribution in [0.4, 0.5) is 5.69 Å². The molecule has 180 valence electrons. The van der Waals surface area contributed by atoms with E-state index in [4.69, 9.17) is 0 Å². The van der Waals surface area contributed by atoms with E-state index in [2.05, 4.69) is 19.8 Å². The molecule has 1 amide bonds. The third kappa shape index (κ3) is 4.53. The van der Waals surface area contributed by atoms with Crippen LogP contribution in [-0.2, 0) is 17.1 Å². The summed E-state index contributed by atoms with van der Waals surface area (Å²) in [6, 6.07) is 27.5. The molecule has 5 rings (SSSR count). The number of nitrogens with one attached hydrogen (secondary N) is 2. The number of hydrazone groups is 1. The molecule has 3 aromatic carbocycles. The molecule has 5 aromatic rings. The van der Waals surface area contributed by atoms with Gasteiger partial charge in [-0.2, -0.15) is 5.10 Å². The highest BCUT2D eigenvalue weighted by Gasteiger charge is 2.19. The fraction of sp³-hybridized carbons (Fsp3) is 0.0370. The first-order valence-electron chi connectivity index (χ1n) is 11.1. The normalized spacial score (nSPS) is 11.7. The van der Waals surface area contributed by atoms with E-state index in [0.717, 1.165) is 39.1 Å². The van der Waals surface area contributed by atoms with Gasteiger partial charge in [-0.15, -0.1) is 11.3 Å². The Morgan fingerprint density at radius 3 is 2.42 bits per heavy atom. The van der Waals surface area contributed by atoms with Crippen LogP contribution in [0.5, 0.6) is 0 Å². The average molecular weight is 515 g/mol. The molecule has 9 heteroatoms. The molecule has 2 heterocycles. The number of hydrogen-bond acceptors (Lipinski definition) is 5. The van der Waals surface area contributed by atoms with Crippen LogP contribution < -0.4 is 10.1 Å². The number of sulfonamides is 1. The van der Waals surface area contributed by atoms with Gasteiger partial charge in [0.1, 0.15) is 4.21 Å². The number of amides is 1. The van der Waals surface area contributed by atoms with Crippen LogP contribution in [0.3, 0.4) is 0 Å². The van der Waals surface area contributed by atoms with Crippen molar-refractivity contribution in [3.8, 4) is 11.3 Å². The van der Waals surface area contributed by atoms with Crippen LogP contribution in [-0.4, -0.2) is 25.1 Å². The Labute approximate surface area is 212 Å². The lowest BCUT2D eigenvalue weighted by Crippen LogP contribution is -2.21. The van der Waals surface area contributed by atoms with E-state index in [1.54, 1.807) is 41.9 Å². The smallest absolute Gasteiger partial charge is 0.273 e. The predicted octanol–water partition coefficient (Wildman–Crippen LogP) is 5.47. The fourth-order valence-corrected chi connectivity index (χ4v) is 6.17. The summed E-state index contributed by atoms with van der Waals surface area (Å²) in [5, 5.41) is 6.92. The number of anilines is 1. The van der Waals surface area contributed by atoms with E-state index in [9.17, 15) is 13.2 Å². The molecule has 0 atom stereocenters. The molecule has 2 aromatic heterocycles. The molecule has 0 spiro atoms. The van der Waals surface area contributed by atoms with E-state index < -0.39 is 15.9 Å². The quantitative estimate of drug-likeness (QED) is 0.223. The van der Waals surface area contributed by atoms with Gasteiger partial charge in [0, 0.05) is 23.5 Å². The number of aromatic nitrogens is 1. The van der Waals surface area contributed by atoms with Gasteiger partial charge in [-0.25, -0.2) is 13.8 Å². The second-order valence-electron chi connectivity index (χ2n) is 7.99. The molecule has 0 aliphatic rings. The molecule has 0 saturated heterocycles. The molecule has 0 aliphatic carbocycles. The van der Waals surface area contributed by atoms with Crippen molar-refractivity contribution < 1.29 is 13.2 Å². The van der Waals surface area contributed by atoms with E-state index >= 15 is 0 Å². The van der Waals surface area contributed by atoms with Gasteiger partial charge in [0.05, 0.1) is 23.2 Å². The van der Waals surface area contributed by atoms with Crippen LogP contribution in [0.15, 0.2) is 106 Å². The first-order valence-corrected chi connectivity index (χ1v) is 13.4. The topological polar surface area (TPSA) is 92.6 Å². The summed E-state index contributed by atoms with van der Waals surface area (Å²) in [6.07, 6.45) is 1.63. The molecular formula is C27H22N4O3S2. The van der Waals surface area contributed by atoms with Crippen LogP contribution >= 0.6 is 11.3 Å². The Morgan fingerprint density at radius 2 is 1.64 bits per heavy atom. The SMILES string of the molecule is Cn1c(-c2ccccc2)c(/C=N\NC(=O)c2ccccc2NS(=O)(=O)c2cccs2)c2ccccc21. The van der Waals surface area contributed by atoms with Crippen molar-refractivity contribution in [1.29, 1.82) is 0 Å². The number of hydrogen-bond donors (Lipinski definition) is 2. The van der Waals surface area contributed by atoms with Crippen molar-refractivity contribution in [1.82, 2.24) is 9.99 Å². The molecule has 7 nitrogen and oxygen atoms in total. The Balaban J connectivity index is 1.44. The molecule has 2 N–H and O–H groups in total. The number of rotatable bonds is 7. The van der Waals surface area contributed by atoms with Gasteiger partial charge in [0.25, 0.3) is 15.9 Å². The van der Waals surface area contributed by atoms with E-state index in [1.807, 2.05) is 61.6 Å². The second-order valence-corrected chi connectivity index (χ2v) is 10.8. The van der Waals surface area contributed by atoms with Crippen LogP contribution in [0.1, 0.15) is 15.9 Å². The van der Waals surface area contributed by atoms with Crippen LogP contribution in [0.2, 0.25) is 0 Å². The standard InChI is InChI=1S/C27H22N4O3S2/c1-31-24-15-8-6-12-20(24)22(26(31)19-10-3-2-4-11-19)18-28-29-27(32)21-13-5-7-14-23(21)30-36(33,34)25-16-9-17-35-25/h2-18,30H,1H3,(H,29,32)/b28-18-. The summed E-state index contributed by atoms with van der Waals surface area (Å²) in [6.45, 7) is 0. The number of thiophene rings is 1. The Bertz CT molecular complexity index is 1670. The van der Waals surface area contributed by atoms with Gasteiger partial charge in [-0.05, 0) is 35.2 Å². The van der Waals surface area contributed by atoms with E-state index in [1.165, 1.54) is 6.07 Å². The van der Waals surface area contributed by atoms with Gasteiger partial charge in [0.2, 0.25) is 0 Å². The lowest BCUT2D eigenvalue weighted by molar-refractivity contribution is 0.0956. The van der Waals surface area contributed by atoms with Gasteiger partial charge in [0.15, 0.2) is 0 Å². The number of benzene rings is 3. The molecule has 0 radical (unpaired) electrons. The highest BCUT2D eigenvalue weighted by atomic mass is 32.2. The lowest BCUT2D eigenvalue weighted by atomic mass is 10.1. The van der Waals surface area contributed by atoms with Crippen LogP contribution in [0, 0.1) is 0 Å². The van der Waals surface area contributed by atoms with Crippen molar-refractivity contribution in [2.24, 2.45) is 12.1 Å². The summed E-state index contributed by atoms with van der Waals surface area (Å²) >= 11 is 1.10. The van der Waals surface area contributed by atoms with Crippen molar-refractivity contribution >= 4 is 50.1 Å². The Morgan fingerprint density at radius 1 is 0.917 bits per heavy atom. The molecule has 36 heavy (non-hydrogen) atoms. The number of nitrogens with zero attached hydrogens (tertiary/aromatic N) is 2. The Kier molecular flexibility index (Phi) is 6.41. The highest BCUT2D eigenvalue weighted by molar-refractivity contribution is 7.94. The van der Waals surface area contributed by atoms with E-state index in [-0.39, 0.29) is 15.5 Å². The minimum absolute atomic E-state index is 0.163. The molecule has 0 fully saturated rings. The maximum atomic E-state index is 13.0. The second kappa shape index (κ2) is 9.80. The molecule has 0 unspecified atom stereocenters. The maximum absolute atomic E-state index is 13.0. The third-order valence-electron chi connectivity index (χ3n) is 5.73. The monoisotopic (exact) mass is 514 g/mol. The largest absolute Gasteiger partial charge is 0.343 e. The van der Waals surface area contributed by atoms with Crippen molar-refractivity contribution in [2.75, 3.05) is 4.72 Å². The first kappa shape index (κ1) is 23.5. The zero-order chi connectivity index (χ0) is 25.1. The zero-order valence-corrected chi connectivity index (χ0v) is 20.9. The van der Waals surface area contributed by atoms with Crippen LogP contribution in [0.25, 0.3) is 22.2 Å². The molecule has 0 aliphatic heterocycles. The number of fused-ring (bicyclic) bond motifs is 1. The third-order valence-corrected chi connectivity index (χ3v) is 8.49. The van der Waals surface area contributed by atoms with Gasteiger partial charge in [-0.1, -0.05) is 66.7 Å². The highest BCUT2D eigenvalue weighted by Crippen LogP contribution is 2.31. The number of carbonyl (C=O) groups is 1. The number of para-hydroxylation sites is 2. The minimum Gasteiger partial charge on any atom is -0.343 e. The zero-order valence-electron chi connectivity index (χ0n) is 19.3. The summed E-state index contributed by atoms with van der Waals surface area (Å²) in [4.78, 5) is 13.0. The summed E-state index contributed by atoms with van der Waals surface area (Å²) in [5.41, 5.74) is 6.79. The molecule has 0 bridgehead atoms. The number of carbonyl (C=O) groups excluding carboxylic acids is 1. The maximum Gasteiger partial charge on any atom is 0.273 e. The van der Waals surface area contributed by atoms with Crippen molar-refractivity contribution in [2.45, 2.75) is 4.21 Å². The van der Waals surface area contributed by atoms with Gasteiger partial charge < -0.3 is 4.57 Å². The van der Waals surface area contributed by atoms with Gasteiger partial charge in [-0.3, -0.25) is 9.52 Å². The summed E-state index contributed by atoms with van der Waals surface area (Å²) in [7, 11) is -1.80. The summed E-state index contributed by atoms with van der Waals surface area (Å²) in [5.74, 6) is -0.530. The lowest BCUT2D eigenvalue weighted by Gasteiger charge is -2.10. The van der Waals surface area contributed by atoms with E-state index in [0.29, 0.717) is 0 Å². The molecule has 0 saturated carbocycles. The predicted molar refractivity (Wildman–Crippen MR) is 145 cm³/mol. The first-order chi connectivity index (χ1) is 17.5. The fourth-order valence-electron chi connectivity index (χ4n) is 4.10. The van der Waals surface area contributed by atoms with Crippen molar-refractivity contribution in [3.63, 3.8) is 0 Å². The minimum atomic E-state index is -3.80.